The number of hydrogen-bond acceptors (Lipinski definition) is 1. The summed E-state index contributed by atoms with van der Waals surface area (Å²) in [4.78, 5) is 0. The van der Waals surface area contributed by atoms with Crippen molar-refractivity contribution in [3.8, 4) is 0 Å². The van der Waals surface area contributed by atoms with Gasteiger partial charge >= 0.3 is 0 Å². The maximum atomic E-state index is 5.54. The second-order valence-corrected chi connectivity index (χ2v) is 5.45. The fourth-order valence-corrected chi connectivity index (χ4v) is 3.68. The minimum atomic E-state index is 0.462. The van der Waals surface area contributed by atoms with E-state index >= 15 is 0 Å². The number of ether oxygens (including phenoxy) is 1. The van der Waals surface area contributed by atoms with Crippen molar-refractivity contribution in [1.29, 1.82) is 0 Å². The molecule has 1 aliphatic heterocycles. The first-order valence-corrected chi connectivity index (χ1v) is 6.40. The molecule has 1 saturated heterocycles. The molecule has 0 aromatic heterocycles. The minimum Gasteiger partial charge on any atom is -0.381 e. The summed E-state index contributed by atoms with van der Waals surface area (Å²) in [5, 5.41) is 0. The van der Waals surface area contributed by atoms with Gasteiger partial charge in [0, 0.05) is 18.6 Å². The molecule has 2 aliphatic rings. The lowest BCUT2D eigenvalue weighted by molar-refractivity contribution is 0.0504. The second kappa shape index (κ2) is 3.59. The minimum absolute atomic E-state index is 0.462. The van der Waals surface area contributed by atoms with Crippen molar-refractivity contribution in [1.82, 2.24) is 0 Å². The smallest absolute Gasteiger partial charge is 0.0474 e. The Kier molecular flexibility index (Phi) is 2.32. The van der Waals surface area contributed by atoms with Crippen molar-refractivity contribution in [2.24, 2.45) is 0 Å². The molecule has 1 aliphatic carbocycles. The monoisotopic (exact) mass is 216 g/mol. The predicted octanol–water partition coefficient (Wildman–Crippen LogP) is 3.30. The SMILES string of the molecule is Cc1ccc(C)c2c1CCC21CCOCC1. The van der Waals surface area contributed by atoms with Crippen LogP contribution in [-0.2, 0) is 16.6 Å². The van der Waals surface area contributed by atoms with Crippen molar-refractivity contribution in [2.45, 2.75) is 44.9 Å². The molecule has 0 atom stereocenters. The lowest BCUT2D eigenvalue weighted by Gasteiger charge is -2.35. The average molecular weight is 216 g/mol. The second-order valence-electron chi connectivity index (χ2n) is 5.45. The highest BCUT2D eigenvalue weighted by atomic mass is 16.5. The zero-order valence-corrected chi connectivity index (χ0v) is 10.3. The highest BCUT2D eigenvalue weighted by Crippen LogP contribution is 2.48. The Hall–Kier alpha value is -0.820. The molecule has 0 saturated carbocycles. The molecule has 1 nitrogen and oxygen atoms in total. The van der Waals surface area contributed by atoms with Crippen LogP contribution in [0.25, 0.3) is 0 Å². The Bertz CT molecular complexity index is 414. The summed E-state index contributed by atoms with van der Waals surface area (Å²) in [7, 11) is 0. The van der Waals surface area contributed by atoms with E-state index in [9.17, 15) is 0 Å². The van der Waals surface area contributed by atoms with Gasteiger partial charge in [0.05, 0.1) is 0 Å². The van der Waals surface area contributed by atoms with Gasteiger partial charge in [-0.3, -0.25) is 0 Å². The maximum absolute atomic E-state index is 5.54. The molecule has 86 valence electrons. The molecule has 1 heteroatoms. The first kappa shape index (κ1) is 10.3. The van der Waals surface area contributed by atoms with E-state index in [-0.39, 0.29) is 0 Å². The summed E-state index contributed by atoms with van der Waals surface area (Å²) in [6, 6.07) is 4.59. The standard InChI is InChI=1S/C15H20O/c1-11-3-4-12(2)14-13(11)5-6-15(14)7-9-16-10-8-15/h3-4H,5-10H2,1-2H3. The fraction of sp³-hybridized carbons (Fsp3) is 0.600. The Morgan fingerprint density at radius 3 is 2.44 bits per heavy atom. The lowest BCUT2D eigenvalue weighted by Crippen LogP contribution is -2.32. The van der Waals surface area contributed by atoms with Crippen LogP contribution in [0.1, 0.15) is 41.5 Å². The molecule has 0 unspecified atom stereocenters. The molecule has 1 heterocycles. The maximum Gasteiger partial charge on any atom is 0.0474 e. The first-order valence-electron chi connectivity index (χ1n) is 6.40. The van der Waals surface area contributed by atoms with Gasteiger partial charge in [-0.2, -0.15) is 0 Å². The van der Waals surface area contributed by atoms with Crippen LogP contribution >= 0.6 is 0 Å². The van der Waals surface area contributed by atoms with Crippen molar-refractivity contribution < 1.29 is 4.74 Å². The quantitative estimate of drug-likeness (QED) is 0.646. The largest absolute Gasteiger partial charge is 0.381 e. The Morgan fingerprint density at radius 1 is 1.00 bits per heavy atom. The van der Waals surface area contributed by atoms with Gasteiger partial charge in [0.2, 0.25) is 0 Å². The molecule has 3 rings (SSSR count). The Labute approximate surface area is 97.8 Å². The third-order valence-corrected chi connectivity index (χ3v) is 4.59. The topological polar surface area (TPSA) is 9.23 Å². The van der Waals surface area contributed by atoms with E-state index < -0.39 is 0 Å². The summed E-state index contributed by atoms with van der Waals surface area (Å²) in [5.41, 5.74) is 6.77. The van der Waals surface area contributed by atoms with Crippen LogP contribution in [0.5, 0.6) is 0 Å². The molecule has 1 aromatic rings. The van der Waals surface area contributed by atoms with Gasteiger partial charge in [-0.15, -0.1) is 0 Å². The van der Waals surface area contributed by atoms with Crippen molar-refractivity contribution in [3.05, 3.63) is 34.4 Å². The van der Waals surface area contributed by atoms with Gasteiger partial charge < -0.3 is 4.74 Å². The zero-order valence-electron chi connectivity index (χ0n) is 10.3. The number of fused-ring (bicyclic) bond motifs is 2. The number of benzene rings is 1. The molecule has 0 N–H and O–H groups in total. The fourth-order valence-electron chi connectivity index (χ4n) is 3.68. The molecule has 1 fully saturated rings. The summed E-state index contributed by atoms with van der Waals surface area (Å²) in [6.45, 7) is 6.44. The number of aryl methyl sites for hydroxylation is 2. The van der Waals surface area contributed by atoms with Gasteiger partial charge in [0.25, 0.3) is 0 Å². The van der Waals surface area contributed by atoms with E-state index in [1.54, 1.807) is 11.1 Å². The van der Waals surface area contributed by atoms with Crippen LogP contribution in [-0.4, -0.2) is 13.2 Å². The molecule has 16 heavy (non-hydrogen) atoms. The summed E-state index contributed by atoms with van der Waals surface area (Å²) < 4.78 is 5.54. The highest BCUT2D eigenvalue weighted by Gasteiger charge is 2.41. The van der Waals surface area contributed by atoms with E-state index in [0.717, 1.165) is 13.2 Å². The van der Waals surface area contributed by atoms with Gasteiger partial charge in [0.1, 0.15) is 0 Å². The van der Waals surface area contributed by atoms with Gasteiger partial charge in [-0.25, -0.2) is 0 Å². The zero-order chi connectivity index (χ0) is 11.2. The molecular weight excluding hydrogens is 196 g/mol. The van der Waals surface area contributed by atoms with E-state index in [1.165, 1.54) is 36.8 Å². The summed E-state index contributed by atoms with van der Waals surface area (Å²) in [5.74, 6) is 0. The third kappa shape index (κ3) is 1.34. The molecule has 1 spiro atoms. The van der Waals surface area contributed by atoms with E-state index in [2.05, 4.69) is 26.0 Å². The molecule has 0 radical (unpaired) electrons. The predicted molar refractivity (Wildman–Crippen MR) is 66.0 cm³/mol. The van der Waals surface area contributed by atoms with Gasteiger partial charge in [-0.05, 0) is 61.8 Å². The van der Waals surface area contributed by atoms with E-state index in [1.807, 2.05) is 0 Å². The van der Waals surface area contributed by atoms with Crippen LogP contribution in [0.2, 0.25) is 0 Å². The first-order chi connectivity index (χ1) is 7.73. The van der Waals surface area contributed by atoms with Crippen LogP contribution < -0.4 is 0 Å². The van der Waals surface area contributed by atoms with E-state index in [0.29, 0.717) is 5.41 Å². The Morgan fingerprint density at radius 2 is 1.69 bits per heavy atom. The molecular formula is C15H20O. The Balaban J connectivity index is 2.13. The third-order valence-electron chi connectivity index (χ3n) is 4.59. The lowest BCUT2D eigenvalue weighted by atomic mass is 9.73. The van der Waals surface area contributed by atoms with Crippen molar-refractivity contribution >= 4 is 0 Å². The van der Waals surface area contributed by atoms with E-state index in [4.69, 9.17) is 4.74 Å². The van der Waals surface area contributed by atoms with Crippen molar-refractivity contribution in [2.75, 3.05) is 13.2 Å². The number of hydrogen-bond donors (Lipinski definition) is 0. The van der Waals surface area contributed by atoms with Gasteiger partial charge in [-0.1, -0.05) is 12.1 Å². The summed E-state index contributed by atoms with van der Waals surface area (Å²) >= 11 is 0. The highest BCUT2D eigenvalue weighted by molar-refractivity contribution is 5.48. The average Bonchev–Trinajstić information content (AvgIpc) is 2.66. The van der Waals surface area contributed by atoms with Crippen LogP contribution in [0.4, 0.5) is 0 Å². The van der Waals surface area contributed by atoms with Crippen molar-refractivity contribution in [3.63, 3.8) is 0 Å². The van der Waals surface area contributed by atoms with Crippen LogP contribution in [0, 0.1) is 13.8 Å². The molecule has 0 amide bonds. The van der Waals surface area contributed by atoms with Gasteiger partial charge in [0.15, 0.2) is 0 Å². The normalized spacial score (nSPS) is 22.4. The van der Waals surface area contributed by atoms with Crippen LogP contribution in [0.3, 0.4) is 0 Å². The molecule has 1 aromatic carbocycles. The number of rotatable bonds is 0. The van der Waals surface area contributed by atoms with Crippen LogP contribution in [0.15, 0.2) is 12.1 Å². The summed E-state index contributed by atoms with van der Waals surface area (Å²) in [6.07, 6.45) is 5.08. The molecule has 0 bridgehead atoms.